The molecule has 0 aliphatic heterocycles. The lowest BCUT2D eigenvalue weighted by atomic mass is 10.2. The molecule has 0 heterocycles. The standard InChI is InChI=1S/C11H11ClFNOS/c1-3-7(2)15-11-5-10(14-6-16)9(13)4-8(11)12/h4-5,7H,3H2,1-2H3. The van der Waals surface area contributed by atoms with Crippen LogP contribution in [0.3, 0.4) is 0 Å². The summed E-state index contributed by atoms with van der Waals surface area (Å²) in [6.07, 6.45) is 0.840. The van der Waals surface area contributed by atoms with E-state index in [9.17, 15) is 4.39 Å². The number of nitrogens with zero attached hydrogens (tertiary/aromatic N) is 1. The van der Waals surface area contributed by atoms with Gasteiger partial charge in [0.1, 0.15) is 11.4 Å². The molecule has 0 aliphatic rings. The quantitative estimate of drug-likeness (QED) is 0.591. The first-order valence-corrected chi connectivity index (χ1v) is 5.60. The minimum Gasteiger partial charge on any atom is -0.489 e. The lowest BCUT2D eigenvalue weighted by Gasteiger charge is -2.14. The van der Waals surface area contributed by atoms with E-state index >= 15 is 0 Å². The van der Waals surface area contributed by atoms with Crippen molar-refractivity contribution >= 4 is 34.7 Å². The van der Waals surface area contributed by atoms with E-state index in [1.54, 1.807) is 0 Å². The molecule has 1 unspecified atom stereocenters. The van der Waals surface area contributed by atoms with Gasteiger partial charge in [0.15, 0.2) is 5.82 Å². The Hall–Kier alpha value is -0.960. The summed E-state index contributed by atoms with van der Waals surface area (Å²) in [5.41, 5.74) is 0.0812. The number of thiocarbonyl (C=S) groups is 1. The van der Waals surface area contributed by atoms with Crippen LogP contribution < -0.4 is 4.74 Å². The number of benzene rings is 1. The molecule has 0 amide bonds. The van der Waals surface area contributed by atoms with Gasteiger partial charge < -0.3 is 4.74 Å². The third kappa shape index (κ3) is 3.27. The van der Waals surface area contributed by atoms with E-state index in [-0.39, 0.29) is 16.8 Å². The number of hydrogen-bond donors (Lipinski definition) is 0. The number of isothiocyanates is 1. The summed E-state index contributed by atoms with van der Waals surface area (Å²) >= 11 is 10.3. The van der Waals surface area contributed by atoms with Crippen molar-refractivity contribution in [2.75, 3.05) is 0 Å². The fourth-order valence-corrected chi connectivity index (χ4v) is 1.34. The lowest BCUT2D eigenvalue weighted by Crippen LogP contribution is -2.10. The van der Waals surface area contributed by atoms with Crippen LogP contribution in [0.5, 0.6) is 5.75 Å². The molecule has 0 saturated heterocycles. The summed E-state index contributed by atoms with van der Waals surface area (Å²) in [6.45, 7) is 3.89. The van der Waals surface area contributed by atoms with Crippen LogP contribution in [-0.4, -0.2) is 11.3 Å². The Kier molecular flexibility index (Phi) is 4.87. The average Bonchev–Trinajstić information content (AvgIpc) is 2.25. The predicted octanol–water partition coefficient (Wildman–Crippen LogP) is 4.39. The number of aliphatic imine (C=N–C) groups is 1. The zero-order valence-corrected chi connectivity index (χ0v) is 10.5. The fraction of sp³-hybridized carbons (Fsp3) is 0.364. The molecular weight excluding hydrogens is 249 g/mol. The maximum atomic E-state index is 13.3. The average molecular weight is 260 g/mol. The molecule has 0 radical (unpaired) electrons. The van der Waals surface area contributed by atoms with Crippen LogP contribution in [0.1, 0.15) is 20.3 Å². The van der Waals surface area contributed by atoms with Crippen molar-refractivity contribution in [1.29, 1.82) is 0 Å². The summed E-state index contributed by atoms with van der Waals surface area (Å²) in [4.78, 5) is 3.59. The van der Waals surface area contributed by atoms with Gasteiger partial charge in [0.2, 0.25) is 0 Å². The maximum absolute atomic E-state index is 13.3. The minimum atomic E-state index is -0.543. The predicted molar refractivity (Wildman–Crippen MR) is 66.5 cm³/mol. The molecule has 1 aromatic carbocycles. The van der Waals surface area contributed by atoms with Crippen molar-refractivity contribution in [1.82, 2.24) is 0 Å². The van der Waals surface area contributed by atoms with Gasteiger partial charge in [-0.15, -0.1) is 0 Å². The van der Waals surface area contributed by atoms with E-state index in [2.05, 4.69) is 22.4 Å². The highest BCUT2D eigenvalue weighted by atomic mass is 35.5. The Morgan fingerprint density at radius 1 is 1.62 bits per heavy atom. The van der Waals surface area contributed by atoms with Gasteiger partial charge in [0.05, 0.1) is 16.3 Å². The Bertz CT molecular complexity index is 432. The van der Waals surface area contributed by atoms with E-state index in [0.717, 1.165) is 12.5 Å². The Morgan fingerprint density at radius 2 is 2.31 bits per heavy atom. The molecular formula is C11H11ClFNOS. The second-order valence-corrected chi connectivity index (χ2v) is 3.86. The van der Waals surface area contributed by atoms with Gasteiger partial charge in [0.25, 0.3) is 0 Å². The van der Waals surface area contributed by atoms with E-state index in [0.29, 0.717) is 5.75 Å². The van der Waals surface area contributed by atoms with Crippen LogP contribution in [0.15, 0.2) is 17.1 Å². The van der Waals surface area contributed by atoms with Crippen molar-refractivity contribution < 1.29 is 9.13 Å². The maximum Gasteiger partial charge on any atom is 0.151 e. The number of rotatable bonds is 4. The van der Waals surface area contributed by atoms with E-state index in [4.69, 9.17) is 16.3 Å². The lowest BCUT2D eigenvalue weighted by molar-refractivity contribution is 0.217. The molecule has 0 N–H and O–H groups in total. The fourth-order valence-electron chi connectivity index (χ4n) is 1.04. The van der Waals surface area contributed by atoms with Gasteiger partial charge in [-0.05, 0) is 31.6 Å². The second-order valence-electron chi connectivity index (χ2n) is 3.27. The largest absolute Gasteiger partial charge is 0.489 e. The number of hydrogen-bond acceptors (Lipinski definition) is 3. The topological polar surface area (TPSA) is 21.6 Å². The number of ether oxygens (including phenoxy) is 1. The SMILES string of the molecule is CCC(C)Oc1cc(N=C=S)c(F)cc1Cl. The van der Waals surface area contributed by atoms with Crippen LogP contribution in [0, 0.1) is 5.82 Å². The molecule has 0 saturated carbocycles. The van der Waals surface area contributed by atoms with Crippen LogP contribution in [0.4, 0.5) is 10.1 Å². The highest BCUT2D eigenvalue weighted by Gasteiger charge is 2.11. The molecule has 1 atom stereocenters. The molecule has 86 valence electrons. The van der Waals surface area contributed by atoms with Gasteiger partial charge in [-0.1, -0.05) is 18.5 Å². The Morgan fingerprint density at radius 3 is 2.88 bits per heavy atom. The van der Waals surface area contributed by atoms with Crippen molar-refractivity contribution in [2.45, 2.75) is 26.4 Å². The first-order valence-electron chi connectivity index (χ1n) is 4.82. The van der Waals surface area contributed by atoms with Crippen LogP contribution in [0.25, 0.3) is 0 Å². The third-order valence-corrected chi connectivity index (χ3v) is 2.46. The Labute approximate surface area is 104 Å². The second kappa shape index (κ2) is 5.94. The monoisotopic (exact) mass is 259 g/mol. The van der Waals surface area contributed by atoms with Gasteiger partial charge in [-0.25, -0.2) is 4.39 Å². The summed E-state index contributed by atoms with van der Waals surface area (Å²) < 4.78 is 18.8. The summed E-state index contributed by atoms with van der Waals surface area (Å²) in [6, 6.07) is 2.58. The molecule has 0 spiro atoms. The molecule has 5 heteroatoms. The molecule has 1 rings (SSSR count). The van der Waals surface area contributed by atoms with Crippen LogP contribution in [-0.2, 0) is 0 Å². The van der Waals surface area contributed by atoms with E-state index in [1.165, 1.54) is 6.07 Å². The first kappa shape index (κ1) is 13.1. The zero-order valence-electron chi connectivity index (χ0n) is 8.96. The molecule has 2 nitrogen and oxygen atoms in total. The molecule has 16 heavy (non-hydrogen) atoms. The minimum absolute atomic E-state index is 0.00673. The highest BCUT2D eigenvalue weighted by Crippen LogP contribution is 2.32. The summed E-state index contributed by atoms with van der Waals surface area (Å²) in [5.74, 6) is -0.139. The third-order valence-electron chi connectivity index (χ3n) is 2.07. The summed E-state index contributed by atoms with van der Waals surface area (Å²) in [7, 11) is 0. The smallest absolute Gasteiger partial charge is 0.151 e. The van der Waals surface area contributed by atoms with Gasteiger partial charge in [0, 0.05) is 6.07 Å². The van der Waals surface area contributed by atoms with Crippen molar-refractivity contribution in [2.24, 2.45) is 4.99 Å². The van der Waals surface area contributed by atoms with Crippen molar-refractivity contribution in [3.05, 3.63) is 23.0 Å². The molecule has 0 aliphatic carbocycles. The van der Waals surface area contributed by atoms with E-state index < -0.39 is 5.82 Å². The summed E-state index contributed by atoms with van der Waals surface area (Å²) in [5, 5.41) is 2.33. The van der Waals surface area contributed by atoms with Crippen molar-refractivity contribution in [3.63, 3.8) is 0 Å². The van der Waals surface area contributed by atoms with Crippen LogP contribution in [0.2, 0.25) is 5.02 Å². The van der Waals surface area contributed by atoms with Crippen molar-refractivity contribution in [3.8, 4) is 5.75 Å². The van der Waals surface area contributed by atoms with Crippen LogP contribution >= 0.6 is 23.8 Å². The van der Waals surface area contributed by atoms with Gasteiger partial charge in [-0.3, -0.25) is 0 Å². The zero-order chi connectivity index (χ0) is 12.1. The molecule has 1 aromatic rings. The molecule has 0 aromatic heterocycles. The van der Waals surface area contributed by atoms with E-state index in [1.807, 2.05) is 13.8 Å². The molecule has 0 bridgehead atoms. The Balaban J connectivity index is 3.09. The normalized spacial score (nSPS) is 11.8. The first-order chi connectivity index (χ1) is 7.58. The highest BCUT2D eigenvalue weighted by molar-refractivity contribution is 7.78. The molecule has 0 fully saturated rings. The number of halogens is 2. The van der Waals surface area contributed by atoms with Gasteiger partial charge in [-0.2, -0.15) is 4.99 Å². The van der Waals surface area contributed by atoms with Gasteiger partial charge >= 0.3 is 0 Å².